The molecule has 0 aliphatic heterocycles. The van der Waals surface area contributed by atoms with Crippen LogP contribution < -0.4 is 10.0 Å². The zero-order valence-corrected chi connectivity index (χ0v) is 12.9. The minimum Gasteiger partial charge on any atom is -0.320 e. The molecule has 18 heavy (non-hydrogen) atoms. The molecule has 0 amide bonds. The molecule has 1 rings (SSSR count). The third kappa shape index (κ3) is 4.91. The lowest BCUT2D eigenvalue weighted by atomic mass is 10.4. The summed E-state index contributed by atoms with van der Waals surface area (Å²) < 4.78 is 26.3. The molecule has 0 heterocycles. The Hall–Kier alpha value is -0.0400. The average molecular weight is 334 g/mol. The van der Waals surface area contributed by atoms with E-state index in [9.17, 15) is 8.42 Å². The molecular formula is C10H15Cl3N2O2S. The third-order valence-electron chi connectivity index (χ3n) is 2.08. The molecule has 0 fully saturated rings. The van der Waals surface area contributed by atoms with Crippen molar-refractivity contribution in [3.05, 3.63) is 28.2 Å². The molecule has 0 bridgehead atoms. The van der Waals surface area contributed by atoms with Gasteiger partial charge in [-0.2, -0.15) is 0 Å². The molecule has 0 aliphatic rings. The van der Waals surface area contributed by atoms with Crippen LogP contribution in [0.4, 0.5) is 0 Å². The first-order chi connectivity index (χ1) is 7.99. The Kier molecular flexibility index (Phi) is 8.18. The fourth-order valence-electron chi connectivity index (χ4n) is 1.28. The van der Waals surface area contributed by atoms with Crippen molar-refractivity contribution in [2.24, 2.45) is 0 Å². The zero-order valence-electron chi connectivity index (χ0n) is 9.74. The SMILES string of the molecule is CNCCCNS(=O)(=O)c1c(Cl)cccc1Cl.Cl. The van der Waals surface area contributed by atoms with E-state index in [0.717, 1.165) is 6.54 Å². The quantitative estimate of drug-likeness (QED) is 0.785. The number of halogens is 3. The van der Waals surface area contributed by atoms with Crippen LogP contribution >= 0.6 is 35.6 Å². The highest BCUT2D eigenvalue weighted by molar-refractivity contribution is 7.89. The van der Waals surface area contributed by atoms with Gasteiger partial charge < -0.3 is 5.32 Å². The lowest BCUT2D eigenvalue weighted by Gasteiger charge is -2.09. The van der Waals surface area contributed by atoms with Gasteiger partial charge in [0.2, 0.25) is 10.0 Å². The van der Waals surface area contributed by atoms with Crippen LogP contribution in [0.3, 0.4) is 0 Å². The van der Waals surface area contributed by atoms with Crippen LogP contribution in [-0.2, 0) is 10.0 Å². The van der Waals surface area contributed by atoms with E-state index in [2.05, 4.69) is 10.0 Å². The lowest BCUT2D eigenvalue weighted by molar-refractivity contribution is 0.577. The molecule has 0 saturated heterocycles. The number of benzene rings is 1. The van der Waals surface area contributed by atoms with Gasteiger partial charge in [-0.15, -0.1) is 12.4 Å². The first-order valence-electron chi connectivity index (χ1n) is 5.07. The highest BCUT2D eigenvalue weighted by Gasteiger charge is 2.20. The molecule has 0 aliphatic carbocycles. The molecule has 0 aromatic heterocycles. The van der Waals surface area contributed by atoms with Gasteiger partial charge in [-0.25, -0.2) is 13.1 Å². The van der Waals surface area contributed by atoms with Crippen molar-refractivity contribution >= 4 is 45.6 Å². The average Bonchev–Trinajstić information content (AvgIpc) is 2.24. The molecule has 0 radical (unpaired) electrons. The van der Waals surface area contributed by atoms with Crippen LogP contribution in [0, 0.1) is 0 Å². The summed E-state index contributed by atoms with van der Waals surface area (Å²) in [7, 11) is -1.84. The van der Waals surface area contributed by atoms with Gasteiger partial charge in [0.05, 0.1) is 10.0 Å². The fraction of sp³-hybridized carbons (Fsp3) is 0.400. The standard InChI is InChI=1S/C10H14Cl2N2O2S.ClH/c1-13-6-3-7-14-17(15,16)10-8(11)4-2-5-9(10)12;/h2,4-5,13-14H,3,6-7H2,1H3;1H. The predicted molar refractivity (Wildman–Crippen MR) is 77.4 cm³/mol. The first-order valence-corrected chi connectivity index (χ1v) is 7.31. The second kappa shape index (κ2) is 8.19. The van der Waals surface area contributed by atoms with E-state index < -0.39 is 10.0 Å². The van der Waals surface area contributed by atoms with Crippen molar-refractivity contribution in [2.45, 2.75) is 11.3 Å². The molecule has 8 heteroatoms. The Labute approximate surface area is 124 Å². The molecule has 0 saturated carbocycles. The summed E-state index contributed by atoms with van der Waals surface area (Å²) in [5.74, 6) is 0. The second-order valence-corrected chi connectivity index (χ2v) is 5.92. The summed E-state index contributed by atoms with van der Waals surface area (Å²) in [5.41, 5.74) is 0. The van der Waals surface area contributed by atoms with Crippen molar-refractivity contribution in [1.82, 2.24) is 10.0 Å². The predicted octanol–water partition coefficient (Wildman–Crippen LogP) is 2.30. The topological polar surface area (TPSA) is 58.2 Å². The van der Waals surface area contributed by atoms with E-state index in [0.29, 0.717) is 13.0 Å². The molecule has 0 unspecified atom stereocenters. The van der Waals surface area contributed by atoms with Crippen LogP contribution in [-0.4, -0.2) is 28.6 Å². The second-order valence-electron chi connectivity index (χ2n) is 3.41. The Balaban J connectivity index is 0.00000289. The van der Waals surface area contributed by atoms with Gasteiger partial charge >= 0.3 is 0 Å². The first kappa shape index (κ1) is 18.0. The van der Waals surface area contributed by atoms with Gasteiger partial charge in [-0.1, -0.05) is 29.3 Å². The smallest absolute Gasteiger partial charge is 0.243 e. The summed E-state index contributed by atoms with van der Waals surface area (Å²) in [4.78, 5) is -0.0622. The van der Waals surface area contributed by atoms with Gasteiger partial charge in [0.15, 0.2) is 0 Å². The number of nitrogens with one attached hydrogen (secondary N) is 2. The Morgan fingerprint density at radius 3 is 2.22 bits per heavy atom. The molecule has 1 aromatic carbocycles. The van der Waals surface area contributed by atoms with E-state index in [1.54, 1.807) is 13.1 Å². The van der Waals surface area contributed by atoms with Crippen molar-refractivity contribution in [3.8, 4) is 0 Å². The van der Waals surface area contributed by atoms with Crippen LogP contribution in [0.25, 0.3) is 0 Å². The van der Waals surface area contributed by atoms with Gasteiger partial charge in [0.25, 0.3) is 0 Å². The molecule has 1 aromatic rings. The molecule has 4 nitrogen and oxygen atoms in total. The summed E-state index contributed by atoms with van der Waals surface area (Å²) in [6.45, 7) is 1.07. The highest BCUT2D eigenvalue weighted by atomic mass is 35.5. The normalized spacial score (nSPS) is 11.1. The van der Waals surface area contributed by atoms with Crippen molar-refractivity contribution in [1.29, 1.82) is 0 Å². The van der Waals surface area contributed by atoms with Gasteiger partial charge in [-0.3, -0.25) is 0 Å². The minimum absolute atomic E-state index is 0. The molecular weight excluding hydrogens is 319 g/mol. The lowest BCUT2D eigenvalue weighted by Crippen LogP contribution is -2.27. The van der Waals surface area contributed by atoms with Crippen molar-refractivity contribution in [2.75, 3.05) is 20.1 Å². The van der Waals surface area contributed by atoms with E-state index >= 15 is 0 Å². The van der Waals surface area contributed by atoms with E-state index in [-0.39, 0.29) is 27.3 Å². The highest BCUT2D eigenvalue weighted by Crippen LogP contribution is 2.28. The van der Waals surface area contributed by atoms with Crippen LogP contribution in [0.15, 0.2) is 23.1 Å². The van der Waals surface area contributed by atoms with E-state index in [1.807, 2.05) is 0 Å². The van der Waals surface area contributed by atoms with E-state index in [1.165, 1.54) is 12.1 Å². The molecule has 0 spiro atoms. The van der Waals surface area contributed by atoms with E-state index in [4.69, 9.17) is 23.2 Å². The largest absolute Gasteiger partial charge is 0.320 e. The van der Waals surface area contributed by atoms with Gasteiger partial charge in [0.1, 0.15) is 4.90 Å². The summed E-state index contributed by atoms with van der Waals surface area (Å²) in [6, 6.07) is 4.59. The van der Waals surface area contributed by atoms with Crippen LogP contribution in [0.5, 0.6) is 0 Å². The minimum atomic E-state index is -3.64. The maximum Gasteiger partial charge on any atom is 0.243 e. The molecule has 104 valence electrons. The Morgan fingerprint density at radius 2 is 1.72 bits per heavy atom. The maximum absolute atomic E-state index is 11.9. The Morgan fingerprint density at radius 1 is 1.17 bits per heavy atom. The summed E-state index contributed by atoms with van der Waals surface area (Å²) >= 11 is 11.7. The molecule has 2 N–H and O–H groups in total. The van der Waals surface area contributed by atoms with Gasteiger partial charge in [0, 0.05) is 6.54 Å². The zero-order chi connectivity index (χ0) is 12.9. The molecule has 0 atom stereocenters. The fourth-order valence-corrected chi connectivity index (χ4v) is 3.50. The maximum atomic E-state index is 11.9. The number of hydrogen-bond acceptors (Lipinski definition) is 3. The third-order valence-corrected chi connectivity index (χ3v) is 4.50. The monoisotopic (exact) mass is 332 g/mol. The Bertz CT molecular complexity index is 460. The summed E-state index contributed by atoms with van der Waals surface area (Å²) in [6.07, 6.45) is 0.692. The van der Waals surface area contributed by atoms with Gasteiger partial charge in [-0.05, 0) is 32.1 Å². The van der Waals surface area contributed by atoms with Crippen LogP contribution in [0.1, 0.15) is 6.42 Å². The number of rotatable bonds is 6. The van der Waals surface area contributed by atoms with Crippen molar-refractivity contribution < 1.29 is 8.42 Å². The van der Waals surface area contributed by atoms with Crippen molar-refractivity contribution in [3.63, 3.8) is 0 Å². The number of sulfonamides is 1. The van der Waals surface area contributed by atoms with Crippen LogP contribution in [0.2, 0.25) is 10.0 Å². The summed E-state index contributed by atoms with van der Waals surface area (Å²) in [5, 5.41) is 3.18. The number of hydrogen-bond donors (Lipinski definition) is 2.